The van der Waals surface area contributed by atoms with E-state index >= 15 is 0 Å². The van der Waals surface area contributed by atoms with E-state index in [-0.39, 0.29) is 21.2 Å². The SMILES string of the molecule is COC(=O)CN(c1ccccc1Cl)S(=O)(=O)c1ccccc1C(=O)OC. The number of ether oxygens (including phenoxy) is 2. The molecule has 0 heterocycles. The van der Waals surface area contributed by atoms with Crippen LogP contribution < -0.4 is 4.31 Å². The highest BCUT2D eigenvalue weighted by molar-refractivity contribution is 7.93. The number of benzene rings is 2. The average molecular weight is 398 g/mol. The van der Waals surface area contributed by atoms with Gasteiger partial charge in [-0.25, -0.2) is 13.2 Å². The van der Waals surface area contributed by atoms with Crippen molar-refractivity contribution in [2.45, 2.75) is 4.90 Å². The number of hydrogen-bond donors (Lipinski definition) is 0. The number of carbonyl (C=O) groups is 2. The van der Waals surface area contributed by atoms with Crippen LogP contribution in [-0.2, 0) is 24.3 Å². The van der Waals surface area contributed by atoms with Gasteiger partial charge in [-0.3, -0.25) is 9.10 Å². The Balaban J connectivity index is 2.66. The Kier molecular flexibility index (Phi) is 6.23. The molecule has 138 valence electrons. The summed E-state index contributed by atoms with van der Waals surface area (Å²) in [5.41, 5.74) is -0.0730. The normalized spacial score (nSPS) is 10.9. The molecule has 0 bridgehead atoms. The minimum atomic E-state index is -4.32. The molecule has 0 aliphatic heterocycles. The van der Waals surface area contributed by atoms with E-state index in [1.165, 1.54) is 36.4 Å². The molecule has 0 amide bonds. The van der Waals surface area contributed by atoms with Crippen LogP contribution >= 0.6 is 11.6 Å². The van der Waals surface area contributed by atoms with E-state index in [4.69, 9.17) is 11.6 Å². The van der Waals surface area contributed by atoms with Gasteiger partial charge in [-0.2, -0.15) is 0 Å². The van der Waals surface area contributed by atoms with E-state index in [2.05, 4.69) is 9.47 Å². The monoisotopic (exact) mass is 397 g/mol. The standard InChI is InChI=1S/C17H16ClNO6S/c1-24-16(20)11-19(14-9-5-4-8-13(14)18)26(22,23)15-10-6-3-7-12(15)17(21)25-2/h3-10H,11H2,1-2H3. The van der Waals surface area contributed by atoms with Crippen LogP contribution in [0.1, 0.15) is 10.4 Å². The molecule has 7 nitrogen and oxygen atoms in total. The van der Waals surface area contributed by atoms with Gasteiger partial charge in [-0.15, -0.1) is 0 Å². The summed E-state index contributed by atoms with van der Waals surface area (Å²) in [6.07, 6.45) is 0. The van der Waals surface area contributed by atoms with Gasteiger partial charge in [0.25, 0.3) is 10.0 Å². The van der Waals surface area contributed by atoms with Gasteiger partial charge in [0.05, 0.1) is 30.5 Å². The van der Waals surface area contributed by atoms with Crippen LogP contribution in [0, 0.1) is 0 Å². The van der Waals surface area contributed by atoms with Gasteiger partial charge in [0.2, 0.25) is 0 Å². The van der Waals surface area contributed by atoms with E-state index in [9.17, 15) is 18.0 Å². The van der Waals surface area contributed by atoms with Crippen molar-refractivity contribution in [2.24, 2.45) is 0 Å². The zero-order valence-electron chi connectivity index (χ0n) is 14.0. The summed E-state index contributed by atoms with van der Waals surface area (Å²) in [5, 5.41) is 0.121. The van der Waals surface area contributed by atoms with Crippen LogP contribution in [0.4, 0.5) is 5.69 Å². The first kappa shape index (κ1) is 19.7. The zero-order chi connectivity index (χ0) is 19.3. The number of halogens is 1. The molecular weight excluding hydrogens is 382 g/mol. The molecule has 0 saturated heterocycles. The Morgan fingerprint density at radius 2 is 1.62 bits per heavy atom. The van der Waals surface area contributed by atoms with E-state index in [1.807, 2.05) is 0 Å². The number of hydrogen-bond acceptors (Lipinski definition) is 6. The van der Waals surface area contributed by atoms with Crippen molar-refractivity contribution in [2.75, 3.05) is 25.1 Å². The van der Waals surface area contributed by atoms with Crippen molar-refractivity contribution in [1.29, 1.82) is 0 Å². The van der Waals surface area contributed by atoms with Crippen LogP contribution in [0.25, 0.3) is 0 Å². The highest BCUT2D eigenvalue weighted by Gasteiger charge is 2.32. The maximum absolute atomic E-state index is 13.2. The average Bonchev–Trinajstić information content (AvgIpc) is 2.65. The lowest BCUT2D eigenvalue weighted by Crippen LogP contribution is -2.37. The maximum atomic E-state index is 13.2. The van der Waals surface area contributed by atoms with Crippen LogP contribution in [0.3, 0.4) is 0 Å². The lowest BCUT2D eigenvalue weighted by Gasteiger charge is -2.25. The van der Waals surface area contributed by atoms with Gasteiger partial charge >= 0.3 is 11.9 Å². The molecule has 0 aliphatic carbocycles. The Hall–Kier alpha value is -2.58. The fourth-order valence-corrected chi connectivity index (χ4v) is 4.12. The summed E-state index contributed by atoms with van der Waals surface area (Å²) in [4.78, 5) is 23.4. The third-order valence-corrected chi connectivity index (χ3v) is 5.62. The van der Waals surface area contributed by atoms with Crippen molar-refractivity contribution in [3.05, 3.63) is 59.1 Å². The van der Waals surface area contributed by atoms with Gasteiger partial charge in [0, 0.05) is 0 Å². The maximum Gasteiger partial charge on any atom is 0.339 e. The van der Waals surface area contributed by atoms with Crippen molar-refractivity contribution in [1.82, 2.24) is 0 Å². The number of rotatable bonds is 6. The molecule has 0 unspecified atom stereocenters. The van der Waals surface area contributed by atoms with Crippen molar-refractivity contribution >= 4 is 39.3 Å². The number of carbonyl (C=O) groups excluding carboxylic acids is 2. The van der Waals surface area contributed by atoms with Crippen molar-refractivity contribution in [3.8, 4) is 0 Å². The summed E-state index contributed by atoms with van der Waals surface area (Å²) < 4.78 is 36.5. The molecule has 0 fully saturated rings. The molecule has 0 aromatic heterocycles. The Morgan fingerprint density at radius 3 is 2.23 bits per heavy atom. The smallest absolute Gasteiger partial charge is 0.339 e. The highest BCUT2D eigenvalue weighted by atomic mass is 35.5. The number of sulfonamides is 1. The fourth-order valence-electron chi connectivity index (χ4n) is 2.22. The summed E-state index contributed by atoms with van der Waals surface area (Å²) >= 11 is 6.12. The lowest BCUT2D eigenvalue weighted by molar-refractivity contribution is -0.138. The van der Waals surface area contributed by atoms with Gasteiger partial charge in [0.15, 0.2) is 0 Å². The second-order valence-corrected chi connectivity index (χ2v) is 7.26. The first-order chi connectivity index (χ1) is 12.3. The zero-order valence-corrected chi connectivity index (χ0v) is 15.6. The van der Waals surface area contributed by atoms with Gasteiger partial charge < -0.3 is 9.47 Å². The Labute approximate surface area is 156 Å². The van der Waals surface area contributed by atoms with Crippen LogP contribution in [-0.4, -0.2) is 41.1 Å². The predicted octanol–water partition coefficient (Wildman–Crippen LogP) is 2.49. The molecule has 2 aromatic rings. The van der Waals surface area contributed by atoms with Gasteiger partial charge in [-0.1, -0.05) is 35.9 Å². The van der Waals surface area contributed by atoms with E-state index in [1.54, 1.807) is 12.1 Å². The molecule has 0 atom stereocenters. The molecule has 2 rings (SSSR count). The number of esters is 2. The van der Waals surface area contributed by atoms with Crippen LogP contribution in [0.15, 0.2) is 53.4 Å². The first-order valence-corrected chi connectivity index (χ1v) is 9.16. The van der Waals surface area contributed by atoms with Gasteiger partial charge in [-0.05, 0) is 24.3 Å². The number of nitrogens with zero attached hydrogens (tertiary/aromatic N) is 1. The van der Waals surface area contributed by atoms with Gasteiger partial charge in [0.1, 0.15) is 11.4 Å². The molecule has 0 aliphatic rings. The largest absolute Gasteiger partial charge is 0.468 e. The molecule has 0 radical (unpaired) electrons. The molecule has 0 N–H and O–H groups in total. The predicted molar refractivity (Wildman–Crippen MR) is 95.8 cm³/mol. The molecule has 0 saturated carbocycles. The minimum Gasteiger partial charge on any atom is -0.468 e. The van der Waals surface area contributed by atoms with Crippen LogP contribution in [0.5, 0.6) is 0 Å². The number of methoxy groups -OCH3 is 2. The Bertz CT molecular complexity index is 928. The third kappa shape index (κ3) is 3.97. The topological polar surface area (TPSA) is 90.0 Å². The van der Waals surface area contributed by atoms with Crippen molar-refractivity contribution < 1.29 is 27.5 Å². The second kappa shape index (κ2) is 8.20. The minimum absolute atomic E-state index is 0.0826. The highest BCUT2D eigenvalue weighted by Crippen LogP contribution is 2.31. The van der Waals surface area contributed by atoms with E-state index < -0.39 is 28.5 Å². The summed E-state index contributed by atoms with van der Waals surface area (Å²) in [7, 11) is -2.03. The number of para-hydroxylation sites is 1. The summed E-state index contributed by atoms with van der Waals surface area (Å²) in [5.74, 6) is -1.61. The molecule has 2 aromatic carbocycles. The second-order valence-electron chi connectivity index (χ2n) is 5.03. The fraction of sp³-hybridized carbons (Fsp3) is 0.176. The van der Waals surface area contributed by atoms with E-state index in [0.717, 1.165) is 18.5 Å². The number of anilines is 1. The van der Waals surface area contributed by atoms with E-state index in [0.29, 0.717) is 0 Å². The van der Waals surface area contributed by atoms with Crippen molar-refractivity contribution in [3.63, 3.8) is 0 Å². The summed E-state index contributed by atoms with van der Waals surface area (Å²) in [6.45, 7) is -0.613. The third-order valence-electron chi connectivity index (χ3n) is 3.48. The first-order valence-electron chi connectivity index (χ1n) is 7.34. The lowest BCUT2D eigenvalue weighted by atomic mass is 10.2. The molecule has 0 spiro atoms. The Morgan fingerprint density at radius 1 is 1.00 bits per heavy atom. The van der Waals surface area contributed by atoms with Crippen LogP contribution in [0.2, 0.25) is 5.02 Å². The quantitative estimate of drug-likeness (QED) is 0.695. The molecular formula is C17H16ClNO6S. The molecule has 26 heavy (non-hydrogen) atoms. The molecule has 9 heteroatoms. The summed E-state index contributed by atoms with van der Waals surface area (Å²) in [6, 6.07) is 11.7.